The second-order valence-electron chi connectivity index (χ2n) is 4.42. The average Bonchev–Trinajstić information content (AvgIpc) is 2.46. The standard InChI is InChI=1S/C15H12Br2Cl2FN/c1-2-21-15(10-7-8(16)3-6-12(10)18)9-4-5-11(17)13(19)14(9)20/h3-7,15,21H,2H2,1H3. The van der Waals surface area contributed by atoms with Crippen molar-refractivity contribution in [2.45, 2.75) is 13.0 Å². The highest BCUT2D eigenvalue weighted by Crippen LogP contribution is 2.36. The van der Waals surface area contributed by atoms with Gasteiger partial charge in [0.2, 0.25) is 0 Å². The van der Waals surface area contributed by atoms with E-state index in [0.717, 1.165) is 10.0 Å². The molecule has 0 aromatic heterocycles. The van der Waals surface area contributed by atoms with E-state index in [4.69, 9.17) is 23.2 Å². The maximum atomic E-state index is 14.5. The van der Waals surface area contributed by atoms with Crippen molar-refractivity contribution in [2.24, 2.45) is 0 Å². The number of nitrogens with one attached hydrogen (secondary N) is 1. The highest BCUT2D eigenvalue weighted by Gasteiger charge is 2.22. The van der Waals surface area contributed by atoms with Gasteiger partial charge in [-0.05, 0) is 52.3 Å². The number of benzene rings is 2. The molecule has 0 spiro atoms. The van der Waals surface area contributed by atoms with E-state index in [2.05, 4.69) is 37.2 Å². The largest absolute Gasteiger partial charge is 0.306 e. The molecule has 2 aromatic rings. The van der Waals surface area contributed by atoms with Gasteiger partial charge in [-0.15, -0.1) is 0 Å². The van der Waals surface area contributed by atoms with Gasteiger partial charge < -0.3 is 5.32 Å². The molecule has 0 aliphatic rings. The van der Waals surface area contributed by atoms with E-state index in [9.17, 15) is 4.39 Å². The van der Waals surface area contributed by atoms with E-state index in [-0.39, 0.29) is 11.1 Å². The second-order valence-corrected chi connectivity index (χ2v) is 6.98. The fourth-order valence-electron chi connectivity index (χ4n) is 2.09. The maximum absolute atomic E-state index is 14.5. The van der Waals surface area contributed by atoms with Crippen LogP contribution in [0.1, 0.15) is 24.1 Å². The summed E-state index contributed by atoms with van der Waals surface area (Å²) in [6, 6.07) is 8.58. The Balaban J connectivity index is 2.59. The van der Waals surface area contributed by atoms with Crippen LogP contribution in [0.5, 0.6) is 0 Å². The molecule has 2 aromatic carbocycles. The average molecular weight is 456 g/mol. The zero-order valence-electron chi connectivity index (χ0n) is 11.1. The van der Waals surface area contributed by atoms with Crippen LogP contribution < -0.4 is 5.32 Å². The molecule has 0 amide bonds. The molecule has 0 saturated carbocycles. The summed E-state index contributed by atoms with van der Waals surface area (Å²) in [6.45, 7) is 2.62. The predicted molar refractivity (Wildman–Crippen MR) is 93.8 cm³/mol. The van der Waals surface area contributed by atoms with Gasteiger partial charge in [0, 0.05) is 19.5 Å². The lowest BCUT2D eigenvalue weighted by Gasteiger charge is -2.21. The fourth-order valence-corrected chi connectivity index (χ4v) is 3.17. The monoisotopic (exact) mass is 453 g/mol. The minimum Gasteiger partial charge on any atom is -0.306 e. The molecule has 1 atom stereocenters. The third-order valence-corrected chi connectivity index (χ3v) is 5.15. The van der Waals surface area contributed by atoms with E-state index in [0.29, 0.717) is 21.6 Å². The summed E-state index contributed by atoms with van der Waals surface area (Å²) < 4.78 is 15.9. The second kappa shape index (κ2) is 7.42. The molecular weight excluding hydrogens is 444 g/mol. The van der Waals surface area contributed by atoms with Crippen LogP contribution in [0, 0.1) is 5.82 Å². The molecular formula is C15H12Br2Cl2FN. The lowest BCUT2D eigenvalue weighted by Crippen LogP contribution is -2.23. The van der Waals surface area contributed by atoms with Crippen LogP contribution in [0.2, 0.25) is 10.0 Å². The van der Waals surface area contributed by atoms with Crippen LogP contribution in [0.3, 0.4) is 0 Å². The lowest BCUT2D eigenvalue weighted by atomic mass is 9.98. The van der Waals surface area contributed by atoms with Crippen molar-refractivity contribution in [3.05, 3.63) is 66.3 Å². The Hall–Kier alpha value is -0.130. The molecule has 0 radical (unpaired) electrons. The zero-order chi connectivity index (χ0) is 15.6. The van der Waals surface area contributed by atoms with Gasteiger partial charge in [-0.3, -0.25) is 0 Å². The summed E-state index contributed by atoms with van der Waals surface area (Å²) in [5, 5.41) is 3.89. The number of hydrogen-bond donors (Lipinski definition) is 1. The van der Waals surface area contributed by atoms with E-state index >= 15 is 0 Å². The summed E-state index contributed by atoms with van der Waals surface area (Å²) in [5.74, 6) is -0.451. The fraction of sp³-hybridized carbons (Fsp3) is 0.200. The molecule has 0 heterocycles. The van der Waals surface area contributed by atoms with Gasteiger partial charge >= 0.3 is 0 Å². The Labute approximate surface area is 150 Å². The van der Waals surface area contributed by atoms with E-state index in [1.807, 2.05) is 19.1 Å². The Morgan fingerprint density at radius 1 is 1.14 bits per heavy atom. The van der Waals surface area contributed by atoms with Gasteiger partial charge in [-0.2, -0.15) is 0 Å². The lowest BCUT2D eigenvalue weighted by molar-refractivity contribution is 0.559. The van der Waals surface area contributed by atoms with Crippen LogP contribution in [-0.4, -0.2) is 6.54 Å². The van der Waals surface area contributed by atoms with Crippen LogP contribution in [0.15, 0.2) is 39.3 Å². The van der Waals surface area contributed by atoms with Crippen molar-refractivity contribution in [2.75, 3.05) is 6.54 Å². The summed E-state index contributed by atoms with van der Waals surface area (Å²) in [5.41, 5.74) is 1.26. The third-order valence-electron chi connectivity index (χ3n) is 3.05. The molecule has 6 heteroatoms. The first-order chi connectivity index (χ1) is 9.95. The van der Waals surface area contributed by atoms with Gasteiger partial charge in [0.25, 0.3) is 0 Å². The molecule has 1 N–H and O–H groups in total. The van der Waals surface area contributed by atoms with Crippen molar-refractivity contribution >= 4 is 55.1 Å². The normalized spacial score (nSPS) is 12.5. The molecule has 0 fully saturated rings. The van der Waals surface area contributed by atoms with Gasteiger partial charge in [0.05, 0.1) is 11.1 Å². The van der Waals surface area contributed by atoms with Crippen LogP contribution >= 0.6 is 55.1 Å². The van der Waals surface area contributed by atoms with E-state index in [1.165, 1.54) is 0 Å². The highest BCUT2D eigenvalue weighted by atomic mass is 79.9. The maximum Gasteiger partial charge on any atom is 0.148 e. The minimum absolute atomic E-state index is 0.0709. The SMILES string of the molecule is CCNC(c1cc(Br)ccc1Cl)c1ccc(Br)c(Cl)c1F. The molecule has 1 unspecified atom stereocenters. The topological polar surface area (TPSA) is 12.0 Å². The number of halogens is 5. The molecule has 21 heavy (non-hydrogen) atoms. The summed E-state index contributed by atoms with van der Waals surface area (Å²) >= 11 is 18.9. The van der Waals surface area contributed by atoms with Gasteiger partial charge in [-0.25, -0.2) is 4.39 Å². The summed E-state index contributed by atoms with van der Waals surface area (Å²) in [4.78, 5) is 0. The van der Waals surface area contributed by atoms with Crippen molar-refractivity contribution in [1.29, 1.82) is 0 Å². The van der Waals surface area contributed by atoms with Crippen molar-refractivity contribution in [3.63, 3.8) is 0 Å². The minimum atomic E-state index is -0.451. The molecule has 0 saturated heterocycles. The molecule has 0 bridgehead atoms. The smallest absolute Gasteiger partial charge is 0.148 e. The molecule has 112 valence electrons. The van der Waals surface area contributed by atoms with Crippen molar-refractivity contribution in [3.8, 4) is 0 Å². The Kier molecular flexibility index (Phi) is 6.09. The highest BCUT2D eigenvalue weighted by molar-refractivity contribution is 9.10. The predicted octanol–water partition coefficient (Wildman–Crippen LogP) is 6.36. The van der Waals surface area contributed by atoms with Gasteiger partial charge in [0.1, 0.15) is 5.82 Å². The quantitative estimate of drug-likeness (QED) is 0.529. The molecule has 0 aliphatic heterocycles. The Morgan fingerprint density at radius 3 is 2.52 bits per heavy atom. The third kappa shape index (κ3) is 3.80. The van der Waals surface area contributed by atoms with Crippen LogP contribution in [0.25, 0.3) is 0 Å². The first-order valence-electron chi connectivity index (χ1n) is 6.27. The first kappa shape index (κ1) is 17.2. The first-order valence-corrected chi connectivity index (χ1v) is 8.61. The summed E-state index contributed by atoms with van der Waals surface area (Å²) in [7, 11) is 0. The zero-order valence-corrected chi connectivity index (χ0v) is 15.7. The van der Waals surface area contributed by atoms with Crippen LogP contribution in [0.4, 0.5) is 4.39 Å². The van der Waals surface area contributed by atoms with E-state index < -0.39 is 5.82 Å². The van der Waals surface area contributed by atoms with Crippen LogP contribution in [-0.2, 0) is 0 Å². The van der Waals surface area contributed by atoms with Gasteiger partial charge in [0.15, 0.2) is 0 Å². The van der Waals surface area contributed by atoms with Crippen molar-refractivity contribution in [1.82, 2.24) is 5.32 Å². The number of rotatable bonds is 4. The van der Waals surface area contributed by atoms with E-state index in [1.54, 1.807) is 18.2 Å². The summed E-state index contributed by atoms with van der Waals surface area (Å²) in [6.07, 6.45) is 0. The van der Waals surface area contributed by atoms with Gasteiger partial charge in [-0.1, -0.05) is 52.1 Å². The molecule has 1 nitrogen and oxygen atoms in total. The number of hydrogen-bond acceptors (Lipinski definition) is 1. The Morgan fingerprint density at radius 2 is 1.86 bits per heavy atom. The van der Waals surface area contributed by atoms with Crippen molar-refractivity contribution < 1.29 is 4.39 Å². The molecule has 0 aliphatic carbocycles. The molecule has 2 rings (SSSR count). The Bertz CT molecular complexity index is 664.